The Labute approximate surface area is 127 Å². The van der Waals surface area contributed by atoms with Gasteiger partial charge in [-0.1, -0.05) is 0 Å². The second-order valence-electron chi connectivity index (χ2n) is 7.17. The molecule has 0 radical (unpaired) electrons. The number of likely N-dealkylation sites (tertiary alicyclic amines) is 1. The van der Waals surface area contributed by atoms with Gasteiger partial charge in [0.2, 0.25) is 0 Å². The Morgan fingerprint density at radius 3 is 2.38 bits per heavy atom. The van der Waals surface area contributed by atoms with E-state index >= 15 is 0 Å². The second kappa shape index (κ2) is 5.41. The summed E-state index contributed by atoms with van der Waals surface area (Å²) < 4.78 is 14.1. The van der Waals surface area contributed by atoms with E-state index in [0.29, 0.717) is 0 Å². The van der Waals surface area contributed by atoms with E-state index in [9.17, 15) is 0 Å². The molecule has 21 heavy (non-hydrogen) atoms. The predicted octanol–water partition coefficient (Wildman–Crippen LogP) is 1.28. The van der Waals surface area contributed by atoms with Gasteiger partial charge >= 0.3 is 7.12 Å². The number of rotatable bonds is 5. The van der Waals surface area contributed by atoms with E-state index in [1.807, 2.05) is 10.9 Å². The van der Waals surface area contributed by atoms with E-state index < -0.39 is 0 Å². The van der Waals surface area contributed by atoms with E-state index in [1.165, 1.54) is 26.1 Å². The van der Waals surface area contributed by atoms with E-state index in [0.717, 1.165) is 18.4 Å². The van der Waals surface area contributed by atoms with Gasteiger partial charge in [-0.05, 0) is 60.2 Å². The molecule has 2 saturated heterocycles. The summed E-state index contributed by atoms with van der Waals surface area (Å²) in [5, 5.41) is 4.44. The fourth-order valence-corrected chi connectivity index (χ4v) is 2.66. The lowest BCUT2D eigenvalue weighted by molar-refractivity contribution is 0.00578. The van der Waals surface area contributed by atoms with Crippen molar-refractivity contribution in [1.82, 2.24) is 14.7 Å². The van der Waals surface area contributed by atoms with E-state index in [4.69, 9.17) is 9.31 Å². The van der Waals surface area contributed by atoms with Crippen LogP contribution in [-0.4, -0.2) is 52.6 Å². The summed E-state index contributed by atoms with van der Waals surface area (Å²) in [6, 6.07) is 0. The number of nitrogens with zero attached hydrogens (tertiary/aromatic N) is 3. The molecule has 0 spiro atoms. The maximum Gasteiger partial charge on any atom is 0.498 e. The van der Waals surface area contributed by atoms with Crippen molar-refractivity contribution in [3.8, 4) is 0 Å². The molecule has 0 saturated carbocycles. The fourth-order valence-electron chi connectivity index (χ4n) is 2.66. The zero-order chi connectivity index (χ0) is 15.1. The fraction of sp³-hybridized carbons (Fsp3) is 0.800. The molecule has 6 heteroatoms. The standard InChI is InChI=1S/C15H26BN3O2/c1-14(2)15(3,4)21-16(20-14)13-11-17-19(12-13)10-6-9-18-7-5-8-18/h11-12H,5-10H2,1-4H3. The molecule has 0 aromatic carbocycles. The third-order valence-corrected chi connectivity index (χ3v) is 4.99. The minimum atomic E-state index is -0.306. The Morgan fingerprint density at radius 2 is 1.81 bits per heavy atom. The molecule has 0 amide bonds. The van der Waals surface area contributed by atoms with Gasteiger partial charge in [0.05, 0.1) is 11.2 Å². The Morgan fingerprint density at radius 1 is 1.14 bits per heavy atom. The smallest absolute Gasteiger partial charge is 0.399 e. The molecular weight excluding hydrogens is 265 g/mol. The van der Waals surface area contributed by atoms with Crippen molar-refractivity contribution in [2.24, 2.45) is 0 Å². The van der Waals surface area contributed by atoms with Crippen molar-refractivity contribution in [1.29, 1.82) is 0 Å². The summed E-state index contributed by atoms with van der Waals surface area (Å²) in [6.07, 6.45) is 6.42. The first-order valence-corrected chi connectivity index (χ1v) is 7.98. The van der Waals surface area contributed by atoms with E-state index in [1.54, 1.807) is 0 Å². The molecule has 2 fully saturated rings. The Bertz CT molecular complexity index is 481. The number of hydrogen-bond acceptors (Lipinski definition) is 4. The normalized spacial score (nSPS) is 24.3. The van der Waals surface area contributed by atoms with Crippen molar-refractivity contribution < 1.29 is 9.31 Å². The third kappa shape index (κ3) is 3.03. The molecule has 0 aliphatic carbocycles. The minimum absolute atomic E-state index is 0.294. The zero-order valence-electron chi connectivity index (χ0n) is 13.6. The van der Waals surface area contributed by atoms with Gasteiger partial charge in [0.1, 0.15) is 0 Å². The topological polar surface area (TPSA) is 39.5 Å². The van der Waals surface area contributed by atoms with Gasteiger partial charge in [-0.25, -0.2) is 0 Å². The SMILES string of the molecule is CC1(C)OB(c2cnn(CCCN3CCC3)c2)OC1(C)C. The Balaban J connectivity index is 1.55. The van der Waals surface area contributed by atoms with Crippen LogP contribution in [0.4, 0.5) is 0 Å². The van der Waals surface area contributed by atoms with Crippen LogP contribution in [0.15, 0.2) is 12.4 Å². The van der Waals surface area contributed by atoms with Gasteiger partial charge in [0, 0.05) is 24.4 Å². The molecular formula is C15H26BN3O2. The van der Waals surface area contributed by atoms with Crippen LogP contribution in [0.25, 0.3) is 0 Å². The predicted molar refractivity (Wildman–Crippen MR) is 83.6 cm³/mol. The van der Waals surface area contributed by atoms with Gasteiger partial charge in [0.15, 0.2) is 0 Å². The highest BCUT2D eigenvalue weighted by Gasteiger charge is 2.52. The molecule has 3 rings (SSSR count). The molecule has 0 unspecified atom stereocenters. The first-order valence-electron chi connectivity index (χ1n) is 7.98. The summed E-state index contributed by atoms with van der Waals surface area (Å²) >= 11 is 0. The van der Waals surface area contributed by atoms with Gasteiger partial charge in [-0.2, -0.15) is 5.10 Å². The van der Waals surface area contributed by atoms with Crippen LogP contribution >= 0.6 is 0 Å². The second-order valence-corrected chi connectivity index (χ2v) is 7.17. The van der Waals surface area contributed by atoms with Crippen LogP contribution in [0.5, 0.6) is 0 Å². The average molecular weight is 291 g/mol. The maximum atomic E-state index is 6.05. The Hall–Kier alpha value is -0.845. The average Bonchev–Trinajstić information content (AvgIpc) is 2.86. The van der Waals surface area contributed by atoms with Gasteiger partial charge in [-0.15, -0.1) is 0 Å². The van der Waals surface area contributed by atoms with Crippen molar-refractivity contribution in [2.45, 2.75) is 58.3 Å². The van der Waals surface area contributed by atoms with Gasteiger partial charge in [0.25, 0.3) is 0 Å². The molecule has 2 aliphatic rings. The molecule has 3 heterocycles. The lowest BCUT2D eigenvalue weighted by Gasteiger charge is -2.32. The van der Waals surface area contributed by atoms with Gasteiger partial charge < -0.3 is 14.2 Å². The third-order valence-electron chi connectivity index (χ3n) is 4.99. The first-order chi connectivity index (χ1) is 9.87. The molecule has 0 atom stereocenters. The minimum Gasteiger partial charge on any atom is -0.399 e. The van der Waals surface area contributed by atoms with Crippen LogP contribution < -0.4 is 5.46 Å². The Kier molecular flexibility index (Phi) is 3.88. The highest BCUT2D eigenvalue weighted by atomic mass is 16.7. The monoisotopic (exact) mass is 291 g/mol. The van der Waals surface area contributed by atoms with Crippen LogP contribution in [0, 0.1) is 0 Å². The zero-order valence-corrected chi connectivity index (χ0v) is 13.6. The number of aryl methyl sites for hydroxylation is 1. The maximum absolute atomic E-state index is 6.05. The first kappa shape index (κ1) is 15.1. The molecule has 1 aromatic rings. The molecule has 0 bridgehead atoms. The van der Waals surface area contributed by atoms with Crippen molar-refractivity contribution >= 4 is 12.6 Å². The highest BCUT2D eigenvalue weighted by Crippen LogP contribution is 2.36. The van der Waals surface area contributed by atoms with Crippen molar-refractivity contribution in [2.75, 3.05) is 19.6 Å². The molecule has 1 aromatic heterocycles. The summed E-state index contributed by atoms with van der Waals surface area (Å²) in [6.45, 7) is 12.9. The van der Waals surface area contributed by atoms with Crippen LogP contribution in [0.2, 0.25) is 0 Å². The molecule has 116 valence electrons. The lowest BCUT2D eigenvalue weighted by Crippen LogP contribution is -2.41. The highest BCUT2D eigenvalue weighted by molar-refractivity contribution is 6.61. The van der Waals surface area contributed by atoms with Gasteiger partial charge in [-0.3, -0.25) is 4.68 Å². The van der Waals surface area contributed by atoms with Crippen molar-refractivity contribution in [3.05, 3.63) is 12.4 Å². The lowest BCUT2D eigenvalue weighted by atomic mass is 9.82. The van der Waals surface area contributed by atoms with Crippen LogP contribution in [0.3, 0.4) is 0 Å². The number of aromatic nitrogens is 2. The number of hydrogen-bond donors (Lipinski definition) is 0. The summed E-state index contributed by atoms with van der Waals surface area (Å²) in [4.78, 5) is 2.48. The van der Waals surface area contributed by atoms with Crippen LogP contribution in [0.1, 0.15) is 40.5 Å². The summed E-state index contributed by atoms with van der Waals surface area (Å²) in [5.74, 6) is 0. The molecule has 2 aliphatic heterocycles. The molecule has 5 nitrogen and oxygen atoms in total. The summed E-state index contributed by atoms with van der Waals surface area (Å²) in [7, 11) is -0.306. The summed E-state index contributed by atoms with van der Waals surface area (Å²) in [5.41, 5.74) is 0.423. The quantitative estimate of drug-likeness (QED) is 0.766. The molecule has 0 N–H and O–H groups in total. The van der Waals surface area contributed by atoms with E-state index in [-0.39, 0.29) is 18.3 Å². The largest absolute Gasteiger partial charge is 0.498 e. The van der Waals surface area contributed by atoms with E-state index in [2.05, 4.69) is 43.9 Å². The van der Waals surface area contributed by atoms with Crippen LogP contribution in [-0.2, 0) is 15.9 Å². The van der Waals surface area contributed by atoms with Crippen molar-refractivity contribution in [3.63, 3.8) is 0 Å².